The van der Waals surface area contributed by atoms with Gasteiger partial charge in [0.15, 0.2) is 0 Å². The number of nitrogens with two attached hydrogens (primary N) is 1. The van der Waals surface area contributed by atoms with Crippen LogP contribution in [0.4, 0.5) is 0 Å². The van der Waals surface area contributed by atoms with Crippen molar-refractivity contribution in [2.45, 2.75) is 71.1 Å². The van der Waals surface area contributed by atoms with Crippen molar-refractivity contribution in [2.24, 2.45) is 5.73 Å². The molecule has 16 heavy (non-hydrogen) atoms. The highest BCUT2D eigenvalue weighted by Crippen LogP contribution is 2.25. The van der Waals surface area contributed by atoms with Crippen LogP contribution in [0.2, 0.25) is 0 Å². The Kier molecular flexibility index (Phi) is 6.53. The molecule has 0 aromatic carbocycles. The molecule has 0 bridgehead atoms. The van der Waals surface area contributed by atoms with E-state index in [9.17, 15) is 0 Å². The van der Waals surface area contributed by atoms with E-state index >= 15 is 0 Å². The molecule has 0 aliphatic rings. The Morgan fingerprint density at radius 3 is 2.12 bits per heavy atom. The Labute approximate surface area is 101 Å². The van der Waals surface area contributed by atoms with Gasteiger partial charge in [0.1, 0.15) is 0 Å². The minimum absolute atomic E-state index is 0.0619. The van der Waals surface area contributed by atoms with Crippen molar-refractivity contribution in [1.29, 1.82) is 0 Å². The predicted molar refractivity (Wildman–Crippen MR) is 68.6 cm³/mol. The Balaban J connectivity index is 4.27. The molecule has 0 amide bonds. The lowest BCUT2D eigenvalue weighted by Gasteiger charge is -2.36. The molecule has 0 saturated carbocycles. The van der Waals surface area contributed by atoms with E-state index in [2.05, 4.69) is 27.7 Å². The fourth-order valence-electron chi connectivity index (χ4n) is 1.71. The molecule has 0 fully saturated rings. The van der Waals surface area contributed by atoms with Crippen molar-refractivity contribution in [1.82, 2.24) is 0 Å². The summed E-state index contributed by atoms with van der Waals surface area (Å²) in [7, 11) is 1.74. The second kappa shape index (κ2) is 6.58. The summed E-state index contributed by atoms with van der Waals surface area (Å²) in [6.07, 6.45) is 2.81. The van der Waals surface area contributed by atoms with E-state index in [0.717, 1.165) is 19.3 Å². The van der Waals surface area contributed by atoms with E-state index in [0.29, 0.717) is 6.61 Å². The standard InChI is InChI=1S/C13H29NO2/c1-7-13(5,16-8-2)11(14)9-10-12(3,4)15-6/h11H,7-10,14H2,1-6H3. The summed E-state index contributed by atoms with van der Waals surface area (Å²) in [5.41, 5.74) is 5.92. The summed E-state index contributed by atoms with van der Waals surface area (Å²) in [6, 6.07) is 0.0619. The molecule has 3 heteroatoms. The minimum atomic E-state index is -0.210. The van der Waals surface area contributed by atoms with Crippen molar-refractivity contribution < 1.29 is 9.47 Å². The molecule has 0 aromatic rings. The van der Waals surface area contributed by atoms with Crippen LogP contribution in [0.5, 0.6) is 0 Å². The van der Waals surface area contributed by atoms with Crippen molar-refractivity contribution in [2.75, 3.05) is 13.7 Å². The largest absolute Gasteiger partial charge is 0.379 e. The Hall–Kier alpha value is -0.120. The summed E-state index contributed by atoms with van der Waals surface area (Å²) < 4.78 is 11.2. The van der Waals surface area contributed by atoms with Crippen LogP contribution in [0.25, 0.3) is 0 Å². The lowest BCUT2D eigenvalue weighted by molar-refractivity contribution is -0.0554. The normalized spacial score (nSPS) is 18.2. The Morgan fingerprint density at radius 2 is 1.75 bits per heavy atom. The van der Waals surface area contributed by atoms with Gasteiger partial charge in [0.2, 0.25) is 0 Å². The van der Waals surface area contributed by atoms with Crippen LogP contribution in [0.15, 0.2) is 0 Å². The highest BCUT2D eigenvalue weighted by atomic mass is 16.5. The first-order chi connectivity index (χ1) is 7.31. The average molecular weight is 231 g/mol. The zero-order valence-electron chi connectivity index (χ0n) is 11.8. The average Bonchev–Trinajstić information content (AvgIpc) is 2.26. The second-order valence-electron chi connectivity index (χ2n) is 5.21. The number of rotatable bonds is 8. The maximum atomic E-state index is 6.23. The van der Waals surface area contributed by atoms with Crippen LogP contribution in [0.1, 0.15) is 53.9 Å². The molecule has 2 unspecified atom stereocenters. The highest BCUT2D eigenvalue weighted by Gasteiger charge is 2.31. The van der Waals surface area contributed by atoms with Crippen molar-refractivity contribution >= 4 is 0 Å². The number of hydrogen-bond acceptors (Lipinski definition) is 3. The molecule has 98 valence electrons. The van der Waals surface area contributed by atoms with Crippen LogP contribution < -0.4 is 5.73 Å². The molecular formula is C13H29NO2. The summed E-state index contributed by atoms with van der Waals surface area (Å²) in [4.78, 5) is 0. The van der Waals surface area contributed by atoms with Gasteiger partial charge in [-0.15, -0.1) is 0 Å². The van der Waals surface area contributed by atoms with Gasteiger partial charge in [-0.25, -0.2) is 0 Å². The van der Waals surface area contributed by atoms with Crippen molar-refractivity contribution in [3.8, 4) is 0 Å². The quantitative estimate of drug-likeness (QED) is 0.698. The van der Waals surface area contributed by atoms with Crippen molar-refractivity contribution in [3.05, 3.63) is 0 Å². The van der Waals surface area contributed by atoms with Crippen LogP contribution >= 0.6 is 0 Å². The first-order valence-corrected chi connectivity index (χ1v) is 6.26. The van der Waals surface area contributed by atoms with Gasteiger partial charge in [0.05, 0.1) is 11.2 Å². The molecule has 0 rings (SSSR count). The van der Waals surface area contributed by atoms with E-state index in [1.807, 2.05) is 6.92 Å². The van der Waals surface area contributed by atoms with Gasteiger partial charge in [0, 0.05) is 19.8 Å². The fourth-order valence-corrected chi connectivity index (χ4v) is 1.71. The van der Waals surface area contributed by atoms with Gasteiger partial charge in [-0.05, 0) is 47.0 Å². The topological polar surface area (TPSA) is 44.5 Å². The van der Waals surface area contributed by atoms with Crippen LogP contribution in [0.3, 0.4) is 0 Å². The Morgan fingerprint density at radius 1 is 1.19 bits per heavy atom. The van der Waals surface area contributed by atoms with Gasteiger partial charge < -0.3 is 15.2 Å². The van der Waals surface area contributed by atoms with Crippen LogP contribution in [0, 0.1) is 0 Å². The molecule has 0 aromatic heterocycles. The zero-order chi connectivity index (χ0) is 12.8. The maximum absolute atomic E-state index is 6.23. The molecule has 0 aliphatic heterocycles. The van der Waals surface area contributed by atoms with E-state index in [1.54, 1.807) is 7.11 Å². The fraction of sp³-hybridized carbons (Fsp3) is 1.00. The zero-order valence-corrected chi connectivity index (χ0v) is 11.8. The highest BCUT2D eigenvalue weighted by molar-refractivity contribution is 4.87. The summed E-state index contributed by atoms with van der Waals surface area (Å²) in [5, 5.41) is 0. The lowest BCUT2D eigenvalue weighted by Crippen LogP contribution is -2.48. The number of hydrogen-bond donors (Lipinski definition) is 1. The monoisotopic (exact) mass is 231 g/mol. The minimum Gasteiger partial charge on any atom is -0.379 e. The van der Waals surface area contributed by atoms with E-state index in [4.69, 9.17) is 15.2 Å². The van der Waals surface area contributed by atoms with Crippen LogP contribution in [-0.2, 0) is 9.47 Å². The molecule has 2 atom stereocenters. The third-order valence-corrected chi connectivity index (χ3v) is 3.57. The number of ether oxygens (including phenoxy) is 2. The first-order valence-electron chi connectivity index (χ1n) is 6.26. The molecule has 0 saturated heterocycles. The van der Waals surface area contributed by atoms with Crippen LogP contribution in [-0.4, -0.2) is 31.0 Å². The third-order valence-electron chi connectivity index (χ3n) is 3.57. The molecule has 3 nitrogen and oxygen atoms in total. The molecule has 0 heterocycles. The van der Waals surface area contributed by atoms with E-state index in [1.165, 1.54) is 0 Å². The van der Waals surface area contributed by atoms with Gasteiger partial charge in [0.25, 0.3) is 0 Å². The summed E-state index contributed by atoms with van der Waals surface area (Å²) >= 11 is 0. The van der Waals surface area contributed by atoms with E-state index < -0.39 is 0 Å². The first kappa shape index (κ1) is 15.9. The maximum Gasteiger partial charge on any atom is 0.0801 e. The molecule has 0 radical (unpaired) electrons. The summed E-state index contributed by atoms with van der Waals surface area (Å²) in [5.74, 6) is 0. The molecule has 0 spiro atoms. The van der Waals surface area contributed by atoms with Gasteiger partial charge in [-0.1, -0.05) is 6.92 Å². The lowest BCUT2D eigenvalue weighted by atomic mass is 9.87. The predicted octanol–water partition coefficient (Wildman–Crippen LogP) is 2.72. The van der Waals surface area contributed by atoms with Gasteiger partial charge >= 0.3 is 0 Å². The molecular weight excluding hydrogens is 202 g/mol. The van der Waals surface area contributed by atoms with Crippen molar-refractivity contribution in [3.63, 3.8) is 0 Å². The smallest absolute Gasteiger partial charge is 0.0801 e. The third kappa shape index (κ3) is 4.81. The van der Waals surface area contributed by atoms with Gasteiger partial charge in [-0.3, -0.25) is 0 Å². The molecule has 2 N–H and O–H groups in total. The molecule has 0 aliphatic carbocycles. The number of methoxy groups -OCH3 is 1. The SMILES string of the molecule is CCOC(C)(CC)C(N)CCC(C)(C)OC. The Bertz CT molecular complexity index is 194. The summed E-state index contributed by atoms with van der Waals surface area (Å²) in [6.45, 7) is 11.1. The second-order valence-corrected chi connectivity index (χ2v) is 5.21. The van der Waals surface area contributed by atoms with Gasteiger partial charge in [-0.2, -0.15) is 0 Å². The van der Waals surface area contributed by atoms with E-state index in [-0.39, 0.29) is 17.2 Å².